The third kappa shape index (κ3) is 4.40. The molecule has 106 valence electrons. The van der Waals surface area contributed by atoms with Crippen molar-refractivity contribution >= 4 is 25.6 Å². The smallest absolute Gasteiger partial charge is 0.265 e. The average molecular weight is 306 g/mol. The van der Waals surface area contributed by atoms with Crippen LogP contribution in [0.3, 0.4) is 0 Å². The fourth-order valence-corrected chi connectivity index (χ4v) is 2.44. The van der Waals surface area contributed by atoms with Gasteiger partial charge in [0.1, 0.15) is 10.6 Å². The Labute approximate surface area is 117 Å². The average Bonchev–Trinajstić information content (AvgIpc) is 2.24. The maximum absolute atomic E-state index is 11.9. The Morgan fingerprint density at radius 1 is 1.32 bits per heavy atom. The molecule has 0 aliphatic rings. The van der Waals surface area contributed by atoms with E-state index in [-0.39, 0.29) is 22.1 Å². The Bertz CT molecular complexity index is 590. The van der Waals surface area contributed by atoms with Gasteiger partial charge in [-0.05, 0) is 39.0 Å². The van der Waals surface area contributed by atoms with E-state index in [0.29, 0.717) is 0 Å². The molecule has 1 aromatic carbocycles. The minimum Gasteiger partial charge on any atom is -0.495 e. The van der Waals surface area contributed by atoms with Crippen LogP contribution in [0, 0.1) is 0 Å². The summed E-state index contributed by atoms with van der Waals surface area (Å²) in [6, 6.07) is 4.07. The van der Waals surface area contributed by atoms with Crippen LogP contribution < -0.4 is 10.1 Å². The molecule has 0 bridgehead atoms. The van der Waals surface area contributed by atoms with Crippen LogP contribution in [0.2, 0.25) is 0 Å². The maximum atomic E-state index is 11.9. The lowest BCUT2D eigenvalue weighted by atomic mass is 10.1. The van der Waals surface area contributed by atoms with E-state index in [1.807, 2.05) is 20.8 Å². The van der Waals surface area contributed by atoms with Crippen molar-refractivity contribution in [1.29, 1.82) is 0 Å². The van der Waals surface area contributed by atoms with E-state index in [0.717, 1.165) is 0 Å². The Balaban J connectivity index is 3.23. The number of benzene rings is 1. The second-order valence-electron chi connectivity index (χ2n) is 5.01. The SMILES string of the molecule is COc1ccc(C(=O)NC(C)(C)C)cc1S(=O)(=O)Cl. The molecule has 1 rings (SSSR count). The summed E-state index contributed by atoms with van der Waals surface area (Å²) in [5, 5.41) is 2.73. The van der Waals surface area contributed by atoms with E-state index in [1.165, 1.54) is 25.3 Å². The summed E-state index contributed by atoms with van der Waals surface area (Å²) in [6.45, 7) is 5.48. The molecule has 7 heteroatoms. The Morgan fingerprint density at radius 3 is 2.32 bits per heavy atom. The summed E-state index contributed by atoms with van der Waals surface area (Å²) in [7, 11) is 2.66. The van der Waals surface area contributed by atoms with Gasteiger partial charge in [-0.3, -0.25) is 4.79 Å². The summed E-state index contributed by atoms with van der Waals surface area (Å²) in [6.07, 6.45) is 0. The molecule has 5 nitrogen and oxygen atoms in total. The number of carbonyl (C=O) groups is 1. The third-order valence-corrected chi connectivity index (χ3v) is 3.52. The quantitative estimate of drug-likeness (QED) is 0.869. The minimum absolute atomic E-state index is 0.0994. The Kier molecular flexibility index (Phi) is 4.47. The topological polar surface area (TPSA) is 72.5 Å². The summed E-state index contributed by atoms with van der Waals surface area (Å²) in [5.74, 6) is -0.279. The first-order chi connectivity index (χ1) is 8.54. The van der Waals surface area contributed by atoms with Crippen LogP contribution in [-0.2, 0) is 9.05 Å². The van der Waals surface area contributed by atoms with Crippen LogP contribution in [0.1, 0.15) is 31.1 Å². The number of nitrogens with one attached hydrogen (secondary N) is 1. The molecule has 0 saturated heterocycles. The molecule has 0 fully saturated rings. The molecule has 0 atom stereocenters. The highest BCUT2D eigenvalue weighted by Gasteiger charge is 2.21. The van der Waals surface area contributed by atoms with Gasteiger partial charge in [-0.1, -0.05) is 0 Å². The zero-order valence-corrected chi connectivity index (χ0v) is 12.7. The summed E-state index contributed by atoms with van der Waals surface area (Å²) < 4.78 is 27.8. The van der Waals surface area contributed by atoms with Gasteiger partial charge in [0, 0.05) is 21.8 Å². The van der Waals surface area contributed by atoms with Crippen LogP contribution in [-0.4, -0.2) is 27.0 Å². The van der Waals surface area contributed by atoms with Crippen LogP contribution in [0.4, 0.5) is 0 Å². The number of amides is 1. The van der Waals surface area contributed by atoms with E-state index in [1.54, 1.807) is 0 Å². The predicted octanol–water partition coefficient (Wildman–Crippen LogP) is 2.15. The number of carbonyl (C=O) groups excluding carboxylic acids is 1. The third-order valence-electron chi connectivity index (χ3n) is 2.18. The molecule has 0 aliphatic heterocycles. The highest BCUT2D eigenvalue weighted by molar-refractivity contribution is 8.13. The summed E-state index contributed by atoms with van der Waals surface area (Å²) >= 11 is 0. The van der Waals surface area contributed by atoms with Crippen molar-refractivity contribution in [2.75, 3.05) is 7.11 Å². The lowest BCUT2D eigenvalue weighted by Gasteiger charge is -2.20. The summed E-state index contributed by atoms with van der Waals surface area (Å²) in [5.41, 5.74) is -0.216. The first-order valence-corrected chi connectivity index (χ1v) is 7.81. The van der Waals surface area contributed by atoms with Crippen LogP contribution >= 0.6 is 10.7 Å². The lowest BCUT2D eigenvalue weighted by Crippen LogP contribution is -2.40. The first kappa shape index (κ1) is 15.8. The van der Waals surface area contributed by atoms with Crippen molar-refractivity contribution in [3.05, 3.63) is 23.8 Å². The molecule has 0 aliphatic carbocycles. The van der Waals surface area contributed by atoms with Crippen LogP contribution in [0.15, 0.2) is 23.1 Å². The van der Waals surface area contributed by atoms with Crippen molar-refractivity contribution < 1.29 is 17.9 Å². The van der Waals surface area contributed by atoms with E-state index < -0.39 is 14.6 Å². The molecular weight excluding hydrogens is 290 g/mol. The number of hydrogen-bond donors (Lipinski definition) is 1. The highest BCUT2D eigenvalue weighted by atomic mass is 35.7. The van der Waals surface area contributed by atoms with Gasteiger partial charge in [0.2, 0.25) is 0 Å². The van der Waals surface area contributed by atoms with Gasteiger partial charge >= 0.3 is 0 Å². The van der Waals surface area contributed by atoms with Crippen molar-refractivity contribution in [3.63, 3.8) is 0 Å². The first-order valence-electron chi connectivity index (χ1n) is 5.50. The molecule has 1 amide bonds. The second kappa shape index (κ2) is 5.38. The molecule has 1 N–H and O–H groups in total. The molecule has 1 aromatic rings. The van der Waals surface area contributed by atoms with E-state index in [9.17, 15) is 13.2 Å². The van der Waals surface area contributed by atoms with Gasteiger partial charge < -0.3 is 10.1 Å². The molecule has 0 saturated carbocycles. The standard InChI is InChI=1S/C12H16ClNO4S/c1-12(2,3)14-11(15)8-5-6-9(18-4)10(7-8)19(13,16)17/h5-7H,1-4H3,(H,14,15). The molecular formula is C12H16ClNO4S. The number of methoxy groups -OCH3 is 1. The fourth-order valence-electron chi connectivity index (χ4n) is 1.42. The van der Waals surface area contributed by atoms with Crippen LogP contribution in [0.5, 0.6) is 5.75 Å². The van der Waals surface area contributed by atoms with Gasteiger partial charge in [0.25, 0.3) is 15.0 Å². The van der Waals surface area contributed by atoms with Crippen molar-refractivity contribution in [1.82, 2.24) is 5.32 Å². The molecule has 0 heterocycles. The second-order valence-corrected chi connectivity index (χ2v) is 7.54. The number of halogens is 1. The van der Waals surface area contributed by atoms with Gasteiger partial charge in [0.05, 0.1) is 7.11 Å². The molecule has 0 radical (unpaired) electrons. The maximum Gasteiger partial charge on any atom is 0.265 e. The number of hydrogen-bond acceptors (Lipinski definition) is 4. The van der Waals surface area contributed by atoms with Crippen molar-refractivity contribution in [3.8, 4) is 5.75 Å². The molecule has 19 heavy (non-hydrogen) atoms. The fraction of sp³-hybridized carbons (Fsp3) is 0.417. The Morgan fingerprint density at radius 2 is 1.89 bits per heavy atom. The summed E-state index contributed by atoms with van der Waals surface area (Å²) in [4.78, 5) is 11.7. The zero-order valence-electron chi connectivity index (χ0n) is 11.2. The normalized spacial score (nSPS) is 12.1. The van der Waals surface area contributed by atoms with Gasteiger partial charge in [0.15, 0.2) is 0 Å². The molecule has 0 aromatic heterocycles. The van der Waals surface area contributed by atoms with Gasteiger partial charge in [-0.25, -0.2) is 8.42 Å². The highest BCUT2D eigenvalue weighted by Crippen LogP contribution is 2.27. The van der Waals surface area contributed by atoms with Gasteiger partial charge in [-0.2, -0.15) is 0 Å². The number of rotatable bonds is 3. The van der Waals surface area contributed by atoms with E-state index >= 15 is 0 Å². The predicted molar refractivity (Wildman–Crippen MR) is 73.3 cm³/mol. The molecule has 0 spiro atoms. The van der Waals surface area contributed by atoms with E-state index in [4.69, 9.17) is 15.4 Å². The lowest BCUT2D eigenvalue weighted by molar-refractivity contribution is 0.0919. The van der Waals surface area contributed by atoms with E-state index in [2.05, 4.69) is 5.32 Å². The monoisotopic (exact) mass is 305 g/mol. The van der Waals surface area contributed by atoms with Crippen molar-refractivity contribution in [2.24, 2.45) is 0 Å². The van der Waals surface area contributed by atoms with Crippen LogP contribution in [0.25, 0.3) is 0 Å². The van der Waals surface area contributed by atoms with Crippen molar-refractivity contribution in [2.45, 2.75) is 31.2 Å². The Hall–Kier alpha value is -1.27. The number of ether oxygens (including phenoxy) is 1. The van der Waals surface area contributed by atoms with Gasteiger partial charge in [-0.15, -0.1) is 0 Å². The minimum atomic E-state index is -3.98. The largest absolute Gasteiger partial charge is 0.495 e. The zero-order chi connectivity index (χ0) is 14.8. The molecule has 0 unspecified atom stereocenters.